The van der Waals surface area contributed by atoms with E-state index in [0.717, 1.165) is 31.4 Å². The summed E-state index contributed by atoms with van der Waals surface area (Å²) in [6, 6.07) is 9.70. The van der Waals surface area contributed by atoms with Crippen LogP contribution in [-0.2, 0) is 6.54 Å². The van der Waals surface area contributed by atoms with Gasteiger partial charge in [-0.3, -0.25) is 14.3 Å². The number of hydrogen-bond acceptors (Lipinski definition) is 4. The average molecular weight is 379 g/mol. The van der Waals surface area contributed by atoms with Crippen molar-refractivity contribution in [3.05, 3.63) is 58.8 Å². The normalized spacial score (nSPS) is 15.1. The van der Waals surface area contributed by atoms with E-state index in [4.69, 9.17) is 0 Å². The highest BCUT2D eigenvalue weighted by molar-refractivity contribution is 5.97. The Morgan fingerprint density at radius 2 is 1.93 bits per heavy atom. The Morgan fingerprint density at radius 1 is 1.21 bits per heavy atom. The Kier molecular flexibility index (Phi) is 4.90. The minimum absolute atomic E-state index is 0.00522. The van der Waals surface area contributed by atoms with Gasteiger partial charge in [0.1, 0.15) is 0 Å². The molecule has 0 spiro atoms. The zero-order chi connectivity index (χ0) is 19.7. The van der Waals surface area contributed by atoms with Crippen molar-refractivity contribution in [2.24, 2.45) is 0 Å². The highest BCUT2D eigenvalue weighted by Gasteiger charge is 2.26. The van der Waals surface area contributed by atoms with Crippen LogP contribution in [0.2, 0.25) is 0 Å². The number of piperidine rings is 1. The molecule has 3 heterocycles. The monoisotopic (exact) mass is 379 g/mol. The number of anilines is 1. The van der Waals surface area contributed by atoms with E-state index in [1.807, 2.05) is 55.5 Å². The van der Waals surface area contributed by atoms with Crippen LogP contribution in [0.1, 0.15) is 30.1 Å². The third kappa shape index (κ3) is 3.28. The van der Waals surface area contributed by atoms with Crippen LogP contribution in [-0.4, -0.2) is 51.5 Å². The maximum Gasteiger partial charge on any atom is 0.326 e. The van der Waals surface area contributed by atoms with Crippen molar-refractivity contribution in [1.82, 2.24) is 19.4 Å². The summed E-state index contributed by atoms with van der Waals surface area (Å²) in [5, 5.41) is 0. The summed E-state index contributed by atoms with van der Waals surface area (Å²) >= 11 is 0. The van der Waals surface area contributed by atoms with E-state index in [0.29, 0.717) is 17.6 Å². The van der Waals surface area contributed by atoms with Gasteiger partial charge in [-0.05, 0) is 50.1 Å². The molecule has 0 radical (unpaired) electrons. The molecule has 1 amide bonds. The number of imidazole rings is 1. The second-order valence-corrected chi connectivity index (χ2v) is 7.25. The van der Waals surface area contributed by atoms with Gasteiger partial charge in [-0.15, -0.1) is 0 Å². The smallest absolute Gasteiger partial charge is 0.326 e. The zero-order valence-electron chi connectivity index (χ0n) is 16.3. The molecule has 4 rings (SSSR count). The Bertz CT molecular complexity index is 1030. The minimum Gasteiger partial charge on any atom is -0.371 e. The first-order chi connectivity index (χ1) is 13.6. The lowest BCUT2D eigenvalue weighted by atomic mass is 10.0. The zero-order valence-corrected chi connectivity index (χ0v) is 16.3. The van der Waals surface area contributed by atoms with Crippen molar-refractivity contribution >= 4 is 22.6 Å². The van der Waals surface area contributed by atoms with E-state index in [2.05, 4.69) is 14.9 Å². The van der Waals surface area contributed by atoms with E-state index in [1.54, 1.807) is 10.6 Å². The molecular formula is C21H25N5O2. The number of benzene rings is 1. The van der Waals surface area contributed by atoms with Crippen LogP contribution < -0.4 is 10.6 Å². The average Bonchev–Trinajstić information content (AvgIpc) is 3.07. The van der Waals surface area contributed by atoms with Crippen molar-refractivity contribution in [2.75, 3.05) is 25.0 Å². The molecule has 1 fully saturated rings. The number of pyridine rings is 1. The molecule has 1 N–H and O–H groups in total. The summed E-state index contributed by atoms with van der Waals surface area (Å²) in [4.78, 5) is 36.1. The maximum atomic E-state index is 13.0. The first-order valence-electron chi connectivity index (χ1n) is 9.73. The number of aromatic amines is 1. The molecule has 7 heteroatoms. The van der Waals surface area contributed by atoms with Gasteiger partial charge in [0.25, 0.3) is 5.91 Å². The molecule has 1 saturated heterocycles. The fraction of sp³-hybridized carbons (Fsp3) is 0.381. The fourth-order valence-corrected chi connectivity index (χ4v) is 4.05. The van der Waals surface area contributed by atoms with Gasteiger partial charge in [0, 0.05) is 56.4 Å². The fourth-order valence-electron chi connectivity index (χ4n) is 4.05. The highest BCUT2D eigenvalue weighted by atomic mass is 16.2. The van der Waals surface area contributed by atoms with Crippen LogP contribution >= 0.6 is 0 Å². The highest BCUT2D eigenvalue weighted by Crippen LogP contribution is 2.23. The number of carbonyl (C=O) groups excluding carboxylic acids is 1. The summed E-state index contributed by atoms with van der Waals surface area (Å²) in [5.41, 5.74) is 3.18. The number of H-pyrrole nitrogens is 1. The van der Waals surface area contributed by atoms with Gasteiger partial charge in [0.2, 0.25) is 0 Å². The van der Waals surface area contributed by atoms with Crippen LogP contribution in [0.5, 0.6) is 0 Å². The number of nitrogens with one attached hydrogen (secondary N) is 1. The number of carbonyl (C=O) groups is 1. The molecule has 0 atom stereocenters. The number of hydrogen-bond donors (Lipinski definition) is 1. The molecule has 0 saturated carbocycles. The van der Waals surface area contributed by atoms with Crippen LogP contribution in [0, 0.1) is 0 Å². The quantitative estimate of drug-likeness (QED) is 0.756. The summed E-state index contributed by atoms with van der Waals surface area (Å²) < 4.78 is 1.67. The van der Waals surface area contributed by atoms with Gasteiger partial charge < -0.3 is 14.8 Å². The number of amides is 1. The summed E-state index contributed by atoms with van der Waals surface area (Å²) in [5.74, 6) is -0.00522. The summed E-state index contributed by atoms with van der Waals surface area (Å²) in [7, 11) is 1.87. The van der Waals surface area contributed by atoms with Crippen molar-refractivity contribution in [3.8, 4) is 0 Å². The third-order valence-corrected chi connectivity index (χ3v) is 5.70. The van der Waals surface area contributed by atoms with Gasteiger partial charge in [0.05, 0.1) is 11.0 Å². The molecule has 3 aromatic rings. The molecule has 1 aliphatic heterocycles. The van der Waals surface area contributed by atoms with Crippen molar-refractivity contribution < 1.29 is 4.79 Å². The van der Waals surface area contributed by atoms with Gasteiger partial charge in [-0.25, -0.2) is 4.79 Å². The summed E-state index contributed by atoms with van der Waals surface area (Å²) in [6.45, 7) is 4.36. The molecule has 0 bridgehead atoms. The topological polar surface area (TPSA) is 74.2 Å². The predicted octanol–water partition coefficient (Wildman–Crippen LogP) is 2.49. The van der Waals surface area contributed by atoms with Crippen molar-refractivity contribution in [2.45, 2.75) is 32.4 Å². The second kappa shape index (κ2) is 7.50. The molecular weight excluding hydrogens is 354 g/mol. The van der Waals surface area contributed by atoms with Gasteiger partial charge >= 0.3 is 5.69 Å². The lowest BCUT2D eigenvalue weighted by Gasteiger charge is -2.37. The second-order valence-electron chi connectivity index (χ2n) is 7.25. The first kappa shape index (κ1) is 18.3. The summed E-state index contributed by atoms with van der Waals surface area (Å²) in [6.07, 6.45) is 5.47. The molecule has 2 aromatic heterocycles. The third-order valence-electron chi connectivity index (χ3n) is 5.70. The number of aryl methyl sites for hydroxylation is 1. The molecule has 0 aliphatic carbocycles. The van der Waals surface area contributed by atoms with Crippen LogP contribution in [0.15, 0.2) is 47.5 Å². The van der Waals surface area contributed by atoms with Gasteiger partial charge in [-0.2, -0.15) is 0 Å². The number of nitrogens with zero attached hydrogens (tertiary/aromatic N) is 4. The minimum atomic E-state index is -0.140. The maximum absolute atomic E-state index is 13.0. The van der Waals surface area contributed by atoms with E-state index in [1.165, 1.54) is 5.69 Å². The number of fused-ring (bicyclic) bond motifs is 1. The van der Waals surface area contributed by atoms with Crippen molar-refractivity contribution in [1.29, 1.82) is 0 Å². The number of aromatic nitrogens is 3. The Labute approximate surface area is 163 Å². The van der Waals surface area contributed by atoms with E-state index < -0.39 is 0 Å². The Hall–Kier alpha value is -3.09. The lowest BCUT2D eigenvalue weighted by molar-refractivity contribution is 0.0709. The SMILES string of the molecule is CCn1c(=O)[nH]c2cc(C(=O)N(C)C3CCN(c4ccncc4)CC3)ccc21. The molecule has 1 aliphatic rings. The standard InChI is InChI=1S/C21H25N5O2/c1-3-26-19-5-4-15(14-18(19)23-21(26)28)20(27)24(2)16-8-12-25(13-9-16)17-6-10-22-11-7-17/h4-7,10-11,14,16H,3,8-9,12-13H2,1-2H3,(H,23,28). The molecule has 7 nitrogen and oxygen atoms in total. The van der Waals surface area contributed by atoms with E-state index in [-0.39, 0.29) is 17.6 Å². The van der Waals surface area contributed by atoms with Crippen LogP contribution in [0.3, 0.4) is 0 Å². The van der Waals surface area contributed by atoms with Crippen LogP contribution in [0.4, 0.5) is 5.69 Å². The Morgan fingerprint density at radius 3 is 2.61 bits per heavy atom. The largest absolute Gasteiger partial charge is 0.371 e. The lowest BCUT2D eigenvalue weighted by Crippen LogP contribution is -2.45. The molecule has 28 heavy (non-hydrogen) atoms. The van der Waals surface area contributed by atoms with E-state index >= 15 is 0 Å². The molecule has 146 valence electrons. The van der Waals surface area contributed by atoms with E-state index in [9.17, 15) is 9.59 Å². The number of rotatable bonds is 4. The predicted molar refractivity (Wildman–Crippen MR) is 110 cm³/mol. The first-order valence-corrected chi connectivity index (χ1v) is 9.73. The Balaban J connectivity index is 1.46. The molecule has 1 aromatic carbocycles. The van der Waals surface area contributed by atoms with Gasteiger partial charge in [0.15, 0.2) is 0 Å². The molecule has 0 unspecified atom stereocenters. The van der Waals surface area contributed by atoms with Crippen molar-refractivity contribution in [3.63, 3.8) is 0 Å². The van der Waals surface area contributed by atoms with Gasteiger partial charge in [-0.1, -0.05) is 0 Å². The van der Waals surface area contributed by atoms with Crippen LogP contribution in [0.25, 0.3) is 11.0 Å².